The molecule has 0 amide bonds. The molecule has 0 aliphatic rings. The lowest BCUT2D eigenvalue weighted by Crippen LogP contribution is -2.13. The van der Waals surface area contributed by atoms with Crippen molar-refractivity contribution in [1.82, 2.24) is 4.90 Å². The molecule has 3 heteroatoms. The SMILES string of the molecule is CC(C)P(Oc1ccccc1CN(C)C)C(C)C. The van der Waals surface area contributed by atoms with Crippen LogP contribution in [0.1, 0.15) is 33.3 Å². The van der Waals surface area contributed by atoms with Crippen molar-refractivity contribution in [3.05, 3.63) is 29.8 Å². The Kier molecular flexibility index (Phi) is 6.11. The van der Waals surface area contributed by atoms with E-state index in [4.69, 9.17) is 4.52 Å². The molecule has 0 atom stereocenters. The maximum absolute atomic E-state index is 6.31. The number of para-hydroxylation sites is 1. The van der Waals surface area contributed by atoms with Crippen molar-refractivity contribution >= 4 is 8.15 Å². The highest BCUT2D eigenvalue weighted by molar-refractivity contribution is 7.54. The summed E-state index contributed by atoms with van der Waals surface area (Å²) in [5.74, 6) is 1.06. The second-order valence-electron chi connectivity index (χ2n) is 5.48. The van der Waals surface area contributed by atoms with Gasteiger partial charge in [-0.05, 0) is 20.2 Å². The molecule has 2 nitrogen and oxygen atoms in total. The zero-order valence-corrected chi connectivity index (χ0v) is 13.4. The van der Waals surface area contributed by atoms with Crippen molar-refractivity contribution < 1.29 is 4.52 Å². The van der Waals surface area contributed by atoms with Gasteiger partial charge in [0.15, 0.2) is 0 Å². The summed E-state index contributed by atoms with van der Waals surface area (Å²) in [4.78, 5) is 2.18. The first-order valence-corrected chi connectivity index (χ1v) is 8.00. The third-order valence-corrected chi connectivity index (χ3v) is 5.12. The average molecular weight is 267 g/mol. The first-order chi connectivity index (χ1) is 8.41. The Morgan fingerprint density at radius 3 is 2.11 bits per heavy atom. The van der Waals surface area contributed by atoms with Gasteiger partial charge >= 0.3 is 0 Å². The van der Waals surface area contributed by atoms with E-state index in [1.165, 1.54) is 5.56 Å². The Balaban J connectivity index is 2.88. The van der Waals surface area contributed by atoms with E-state index < -0.39 is 8.15 Å². The number of benzene rings is 1. The minimum absolute atomic E-state index is 0.415. The lowest BCUT2D eigenvalue weighted by atomic mass is 10.2. The van der Waals surface area contributed by atoms with E-state index >= 15 is 0 Å². The molecule has 0 aliphatic heterocycles. The molecule has 0 radical (unpaired) electrons. The molecule has 0 unspecified atom stereocenters. The molecule has 102 valence electrons. The van der Waals surface area contributed by atoms with E-state index in [2.05, 4.69) is 71.0 Å². The van der Waals surface area contributed by atoms with E-state index in [0.29, 0.717) is 11.3 Å². The van der Waals surface area contributed by atoms with Gasteiger partial charge in [-0.25, -0.2) is 0 Å². The van der Waals surface area contributed by atoms with Crippen molar-refractivity contribution in [3.8, 4) is 5.75 Å². The highest BCUT2D eigenvalue weighted by Gasteiger charge is 2.20. The molecule has 0 aromatic heterocycles. The van der Waals surface area contributed by atoms with E-state index in [9.17, 15) is 0 Å². The Morgan fingerprint density at radius 2 is 1.61 bits per heavy atom. The summed E-state index contributed by atoms with van der Waals surface area (Å²) in [5, 5.41) is 0. The van der Waals surface area contributed by atoms with Crippen molar-refractivity contribution in [3.63, 3.8) is 0 Å². The third kappa shape index (κ3) is 4.59. The summed E-state index contributed by atoms with van der Waals surface area (Å²) < 4.78 is 6.31. The third-order valence-electron chi connectivity index (χ3n) is 2.68. The summed E-state index contributed by atoms with van der Waals surface area (Å²) in [5.41, 5.74) is 2.45. The maximum atomic E-state index is 6.31. The lowest BCUT2D eigenvalue weighted by Gasteiger charge is -2.27. The molecule has 0 N–H and O–H groups in total. The molecule has 1 rings (SSSR count). The fraction of sp³-hybridized carbons (Fsp3) is 0.600. The summed E-state index contributed by atoms with van der Waals surface area (Å²) in [7, 11) is 3.76. The van der Waals surface area contributed by atoms with Gasteiger partial charge in [0.25, 0.3) is 0 Å². The number of rotatable bonds is 6. The zero-order chi connectivity index (χ0) is 13.7. The molecule has 1 aromatic rings. The summed E-state index contributed by atoms with van der Waals surface area (Å²) in [6.07, 6.45) is 0. The topological polar surface area (TPSA) is 12.5 Å². The van der Waals surface area contributed by atoms with E-state index in [1.54, 1.807) is 0 Å². The molecule has 0 aliphatic carbocycles. The van der Waals surface area contributed by atoms with Crippen LogP contribution in [0.4, 0.5) is 0 Å². The van der Waals surface area contributed by atoms with E-state index in [0.717, 1.165) is 12.3 Å². The molecule has 0 saturated heterocycles. The van der Waals surface area contributed by atoms with Crippen LogP contribution in [0, 0.1) is 0 Å². The molecule has 0 fully saturated rings. The molecule has 0 saturated carbocycles. The predicted octanol–water partition coefficient (Wildman–Crippen LogP) is 4.34. The number of nitrogens with zero attached hydrogens (tertiary/aromatic N) is 1. The van der Waals surface area contributed by atoms with Crippen molar-refractivity contribution in [2.75, 3.05) is 14.1 Å². The molecule has 18 heavy (non-hydrogen) atoms. The van der Waals surface area contributed by atoms with Crippen LogP contribution < -0.4 is 4.52 Å². The van der Waals surface area contributed by atoms with Crippen molar-refractivity contribution in [2.24, 2.45) is 0 Å². The Bertz CT molecular complexity index is 355. The summed E-state index contributed by atoms with van der Waals surface area (Å²) in [6.45, 7) is 9.93. The lowest BCUT2D eigenvalue weighted by molar-refractivity contribution is 0.396. The largest absolute Gasteiger partial charge is 0.473 e. The van der Waals surface area contributed by atoms with E-state index in [-0.39, 0.29) is 0 Å². The first-order valence-electron chi connectivity index (χ1n) is 6.60. The standard InChI is InChI=1S/C15H26NOP/c1-12(2)18(13(3)4)17-15-10-8-7-9-14(15)11-16(5)6/h7-10,12-13H,11H2,1-6H3. The fourth-order valence-corrected chi connectivity index (χ4v) is 4.00. The molecular weight excluding hydrogens is 241 g/mol. The van der Waals surface area contributed by atoms with Crippen LogP contribution in [-0.2, 0) is 6.54 Å². The smallest absolute Gasteiger partial charge is 0.127 e. The normalized spacial score (nSPS) is 11.9. The zero-order valence-electron chi connectivity index (χ0n) is 12.5. The van der Waals surface area contributed by atoms with Crippen LogP contribution in [0.25, 0.3) is 0 Å². The van der Waals surface area contributed by atoms with Crippen LogP contribution in [0.2, 0.25) is 0 Å². The average Bonchev–Trinajstić information content (AvgIpc) is 2.26. The summed E-state index contributed by atoms with van der Waals surface area (Å²) in [6, 6.07) is 8.39. The predicted molar refractivity (Wildman–Crippen MR) is 81.7 cm³/mol. The molecule has 0 bridgehead atoms. The second kappa shape index (κ2) is 7.11. The molecule has 1 aromatic carbocycles. The fourth-order valence-electron chi connectivity index (χ4n) is 1.98. The van der Waals surface area contributed by atoms with Crippen LogP contribution in [0.15, 0.2) is 24.3 Å². The minimum Gasteiger partial charge on any atom is -0.473 e. The molecular formula is C15H26NOP. The van der Waals surface area contributed by atoms with E-state index in [1.807, 2.05) is 0 Å². The summed E-state index contributed by atoms with van der Waals surface area (Å²) >= 11 is 0. The van der Waals surface area contributed by atoms with Gasteiger partial charge in [0, 0.05) is 23.4 Å². The van der Waals surface area contributed by atoms with Crippen LogP contribution >= 0.6 is 8.15 Å². The second-order valence-corrected chi connectivity index (χ2v) is 8.45. The van der Waals surface area contributed by atoms with Gasteiger partial charge < -0.3 is 9.42 Å². The Morgan fingerprint density at radius 1 is 1.06 bits per heavy atom. The van der Waals surface area contributed by atoms with Crippen molar-refractivity contribution in [2.45, 2.75) is 45.6 Å². The van der Waals surface area contributed by atoms with Crippen LogP contribution in [-0.4, -0.2) is 30.3 Å². The highest BCUT2D eigenvalue weighted by Crippen LogP contribution is 2.47. The highest BCUT2D eigenvalue weighted by atomic mass is 31.1. The Hall–Kier alpha value is -0.590. The van der Waals surface area contributed by atoms with Gasteiger partial charge in [0.1, 0.15) is 5.75 Å². The number of hydrogen-bond donors (Lipinski definition) is 0. The molecule has 0 spiro atoms. The Labute approximate surface area is 113 Å². The van der Waals surface area contributed by atoms with Crippen molar-refractivity contribution in [1.29, 1.82) is 0 Å². The van der Waals surface area contributed by atoms with Gasteiger partial charge in [-0.2, -0.15) is 0 Å². The van der Waals surface area contributed by atoms with Crippen LogP contribution in [0.5, 0.6) is 5.75 Å². The van der Waals surface area contributed by atoms with Gasteiger partial charge in [-0.15, -0.1) is 0 Å². The van der Waals surface area contributed by atoms with Gasteiger partial charge in [-0.3, -0.25) is 0 Å². The molecule has 0 heterocycles. The minimum atomic E-state index is -0.415. The first kappa shape index (κ1) is 15.5. The number of hydrogen-bond acceptors (Lipinski definition) is 2. The maximum Gasteiger partial charge on any atom is 0.127 e. The quantitative estimate of drug-likeness (QED) is 0.711. The van der Waals surface area contributed by atoms with Gasteiger partial charge in [-0.1, -0.05) is 45.9 Å². The van der Waals surface area contributed by atoms with Gasteiger partial charge in [0.2, 0.25) is 0 Å². The van der Waals surface area contributed by atoms with Crippen LogP contribution in [0.3, 0.4) is 0 Å². The monoisotopic (exact) mass is 267 g/mol. The van der Waals surface area contributed by atoms with Gasteiger partial charge in [0.05, 0.1) is 8.15 Å².